The summed E-state index contributed by atoms with van der Waals surface area (Å²) in [5, 5.41) is 12.1. The number of rotatable bonds is 6. The highest BCUT2D eigenvalue weighted by molar-refractivity contribution is 7.15. The molecule has 0 unspecified atom stereocenters. The summed E-state index contributed by atoms with van der Waals surface area (Å²) in [4.78, 5) is 18.0. The fourth-order valence-electron chi connectivity index (χ4n) is 2.71. The lowest BCUT2D eigenvalue weighted by Gasteiger charge is -2.08. The molecule has 0 saturated heterocycles. The molecule has 7 nitrogen and oxygen atoms in total. The second kappa shape index (κ2) is 8.75. The Morgan fingerprint density at radius 3 is 2.77 bits per heavy atom. The van der Waals surface area contributed by atoms with E-state index in [4.69, 9.17) is 4.74 Å². The molecule has 2 heterocycles. The zero-order valence-corrected chi connectivity index (χ0v) is 16.7. The Morgan fingerprint density at radius 2 is 2.03 bits per heavy atom. The summed E-state index contributed by atoms with van der Waals surface area (Å²) in [5.41, 5.74) is 1.56. The third-order valence-electron chi connectivity index (χ3n) is 4.13. The smallest absolute Gasteiger partial charge is 0.357 e. The van der Waals surface area contributed by atoms with Gasteiger partial charge in [-0.25, -0.2) is 14.2 Å². The van der Waals surface area contributed by atoms with Crippen LogP contribution in [0.1, 0.15) is 16.3 Å². The summed E-state index contributed by atoms with van der Waals surface area (Å²) in [7, 11) is 0. The van der Waals surface area contributed by atoms with E-state index < -0.39 is 11.8 Å². The minimum absolute atomic E-state index is 0.0466. The van der Waals surface area contributed by atoms with Crippen molar-refractivity contribution in [3.63, 3.8) is 0 Å². The Labute approximate surface area is 175 Å². The van der Waals surface area contributed by atoms with Crippen molar-refractivity contribution in [1.29, 1.82) is 0 Å². The van der Waals surface area contributed by atoms with Crippen LogP contribution in [0, 0.1) is 12.7 Å². The number of carbonyl (C=O) groups is 1. The number of aryl methyl sites for hydroxylation is 1. The van der Waals surface area contributed by atoms with Gasteiger partial charge in [0.25, 0.3) is 0 Å². The molecule has 0 aliphatic rings. The van der Waals surface area contributed by atoms with Crippen LogP contribution in [0.15, 0.2) is 60.8 Å². The Morgan fingerprint density at radius 1 is 1.20 bits per heavy atom. The summed E-state index contributed by atoms with van der Waals surface area (Å²) in [6.07, 6.45) is 3.16. The predicted octanol–water partition coefficient (Wildman–Crippen LogP) is 3.99. The van der Waals surface area contributed by atoms with Crippen molar-refractivity contribution in [1.82, 2.24) is 25.2 Å². The van der Waals surface area contributed by atoms with Gasteiger partial charge in [0.15, 0.2) is 11.5 Å². The standard InChI is InChI=1S/C21H16FN5O2S/c1-14-24-25-26-27(14)19(11-15-6-5-9-17(22)10-15)21(28)29-13-18-12-23-20(30-18)16-7-3-2-4-8-16/h2-12H,13H2,1H3/b19-11-. The monoisotopic (exact) mass is 421 g/mol. The number of carbonyl (C=O) groups excluding carboxylic acids is 1. The Bertz CT molecular complexity index is 1200. The molecule has 0 spiro atoms. The van der Waals surface area contributed by atoms with Crippen molar-refractivity contribution in [2.45, 2.75) is 13.5 Å². The van der Waals surface area contributed by atoms with Gasteiger partial charge in [-0.2, -0.15) is 4.68 Å². The molecule has 0 atom stereocenters. The predicted molar refractivity (Wildman–Crippen MR) is 110 cm³/mol. The number of benzene rings is 2. The normalized spacial score (nSPS) is 11.5. The van der Waals surface area contributed by atoms with Crippen molar-refractivity contribution in [3.8, 4) is 10.6 Å². The van der Waals surface area contributed by atoms with E-state index in [1.54, 1.807) is 25.3 Å². The van der Waals surface area contributed by atoms with E-state index in [1.807, 2.05) is 30.3 Å². The number of tetrazole rings is 1. The van der Waals surface area contributed by atoms with Crippen LogP contribution in [0.4, 0.5) is 4.39 Å². The minimum atomic E-state index is -0.635. The van der Waals surface area contributed by atoms with Crippen LogP contribution < -0.4 is 0 Å². The first kappa shape index (κ1) is 19.6. The summed E-state index contributed by atoms with van der Waals surface area (Å²) in [6, 6.07) is 15.6. The topological polar surface area (TPSA) is 82.8 Å². The summed E-state index contributed by atoms with van der Waals surface area (Å²) in [5.74, 6) is -0.647. The second-order valence-electron chi connectivity index (χ2n) is 6.30. The largest absolute Gasteiger partial charge is 0.455 e. The Kier molecular flexibility index (Phi) is 5.71. The van der Waals surface area contributed by atoms with Gasteiger partial charge in [0.05, 0.1) is 4.88 Å². The molecule has 0 saturated carbocycles. The van der Waals surface area contributed by atoms with Crippen molar-refractivity contribution < 1.29 is 13.9 Å². The SMILES string of the molecule is Cc1nnnn1/C(=C\c1cccc(F)c1)C(=O)OCc1cnc(-c2ccccc2)s1. The fraction of sp³-hybridized carbons (Fsp3) is 0.0952. The van der Waals surface area contributed by atoms with Crippen molar-refractivity contribution in [2.24, 2.45) is 0 Å². The Balaban J connectivity index is 1.54. The highest BCUT2D eigenvalue weighted by Crippen LogP contribution is 2.25. The van der Waals surface area contributed by atoms with Crippen LogP contribution in [0.5, 0.6) is 0 Å². The maximum Gasteiger partial charge on any atom is 0.357 e. The van der Waals surface area contributed by atoms with E-state index in [0.29, 0.717) is 11.4 Å². The average molecular weight is 421 g/mol. The maximum atomic E-state index is 13.6. The molecule has 30 heavy (non-hydrogen) atoms. The molecule has 0 bridgehead atoms. The first-order valence-electron chi connectivity index (χ1n) is 9.00. The molecule has 2 aromatic heterocycles. The molecular weight excluding hydrogens is 405 g/mol. The number of hydrogen-bond acceptors (Lipinski definition) is 7. The number of ether oxygens (including phenoxy) is 1. The third-order valence-corrected chi connectivity index (χ3v) is 5.15. The zero-order chi connectivity index (χ0) is 20.9. The molecule has 0 N–H and O–H groups in total. The van der Waals surface area contributed by atoms with Crippen molar-refractivity contribution >= 4 is 29.1 Å². The lowest BCUT2D eigenvalue weighted by molar-refractivity contribution is -0.138. The van der Waals surface area contributed by atoms with E-state index >= 15 is 0 Å². The highest BCUT2D eigenvalue weighted by atomic mass is 32.1. The van der Waals surface area contributed by atoms with Gasteiger partial charge in [0.1, 0.15) is 17.4 Å². The maximum absolute atomic E-state index is 13.6. The first-order chi connectivity index (χ1) is 14.6. The molecule has 2 aromatic carbocycles. The molecule has 150 valence electrons. The molecule has 0 aliphatic carbocycles. The van der Waals surface area contributed by atoms with Crippen LogP contribution in [-0.2, 0) is 16.1 Å². The Hall–Kier alpha value is -3.72. The van der Waals surface area contributed by atoms with Gasteiger partial charge in [0.2, 0.25) is 0 Å². The van der Waals surface area contributed by atoms with Gasteiger partial charge < -0.3 is 4.74 Å². The summed E-state index contributed by atoms with van der Waals surface area (Å²) >= 11 is 1.44. The lowest BCUT2D eigenvalue weighted by atomic mass is 10.2. The van der Waals surface area contributed by atoms with E-state index in [9.17, 15) is 9.18 Å². The molecule has 0 fully saturated rings. The summed E-state index contributed by atoms with van der Waals surface area (Å²) in [6.45, 7) is 1.70. The molecule has 0 radical (unpaired) electrons. The average Bonchev–Trinajstić information content (AvgIpc) is 3.40. The van der Waals surface area contributed by atoms with Crippen LogP contribution in [0.3, 0.4) is 0 Å². The number of aromatic nitrogens is 5. The second-order valence-corrected chi connectivity index (χ2v) is 7.41. The van der Waals surface area contributed by atoms with Crippen LogP contribution in [-0.4, -0.2) is 31.2 Å². The number of thiazole rings is 1. The number of nitrogens with zero attached hydrogens (tertiary/aromatic N) is 5. The van der Waals surface area contributed by atoms with Gasteiger partial charge in [-0.15, -0.1) is 16.4 Å². The van der Waals surface area contributed by atoms with E-state index in [2.05, 4.69) is 20.5 Å². The van der Waals surface area contributed by atoms with Gasteiger partial charge in [-0.1, -0.05) is 42.5 Å². The number of halogens is 1. The van der Waals surface area contributed by atoms with Gasteiger partial charge in [-0.05, 0) is 41.1 Å². The van der Waals surface area contributed by atoms with Crippen molar-refractivity contribution in [3.05, 3.63) is 82.9 Å². The molecule has 0 amide bonds. The number of esters is 1. The van der Waals surface area contributed by atoms with E-state index in [1.165, 1.54) is 34.2 Å². The minimum Gasteiger partial charge on any atom is -0.455 e. The van der Waals surface area contributed by atoms with Crippen molar-refractivity contribution in [2.75, 3.05) is 0 Å². The van der Waals surface area contributed by atoms with Crippen LogP contribution >= 0.6 is 11.3 Å². The first-order valence-corrected chi connectivity index (χ1v) is 9.81. The zero-order valence-electron chi connectivity index (χ0n) is 15.9. The van der Waals surface area contributed by atoms with Crippen LogP contribution in [0.2, 0.25) is 0 Å². The van der Waals surface area contributed by atoms with E-state index in [0.717, 1.165) is 15.4 Å². The fourth-order valence-corrected chi connectivity index (χ4v) is 3.55. The molecule has 4 aromatic rings. The van der Waals surface area contributed by atoms with Gasteiger partial charge in [0, 0.05) is 11.8 Å². The lowest BCUT2D eigenvalue weighted by Crippen LogP contribution is -2.14. The molecule has 0 aliphatic heterocycles. The molecule has 4 rings (SSSR count). The number of hydrogen-bond donors (Lipinski definition) is 0. The highest BCUT2D eigenvalue weighted by Gasteiger charge is 2.18. The van der Waals surface area contributed by atoms with Gasteiger partial charge in [-0.3, -0.25) is 0 Å². The third kappa shape index (κ3) is 4.47. The molecular formula is C21H16FN5O2S. The summed E-state index contributed by atoms with van der Waals surface area (Å²) < 4.78 is 20.3. The van der Waals surface area contributed by atoms with Crippen LogP contribution in [0.25, 0.3) is 22.3 Å². The van der Waals surface area contributed by atoms with Gasteiger partial charge >= 0.3 is 5.97 Å². The van der Waals surface area contributed by atoms with E-state index in [-0.39, 0.29) is 12.3 Å². The molecule has 9 heteroatoms. The quantitative estimate of drug-likeness (QED) is 0.346.